The zero-order valence-electron chi connectivity index (χ0n) is 8.07. The van der Waals surface area contributed by atoms with Gasteiger partial charge in [-0.1, -0.05) is 15.9 Å². The lowest BCUT2D eigenvalue weighted by Crippen LogP contribution is -2.26. The summed E-state index contributed by atoms with van der Waals surface area (Å²) in [5.41, 5.74) is 0. The highest BCUT2D eigenvalue weighted by atomic mass is 79.9. The van der Waals surface area contributed by atoms with Gasteiger partial charge in [-0.3, -0.25) is 4.79 Å². The smallest absolute Gasteiger partial charge is 0.317 e. The van der Waals surface area contributed by atoms with E-state index in [0.29, 0.717) is 13.2 Å². The van der Waals surface area contributed by atoms with Gasteiger partial charge in [0, 0.05) is 11.0 Å². The van der Waals surface area contributed by atoms with Crippen molar-refractivity contribution in [3.05, 3.63) is 28.7 Å². The first-order chi connectivity index (χ1) is 7.18. The van der Waals surface area contributed by atoms with Gasteiger partial charge in [-0.2, -0.15) is 0 Å². The minimum absolute atomic E-state index is 0.0380. The molecule has 0 unspecified atom stereocenters. The van der Waals surface area contributed by atoms with Gasteiger partial charge in [-0.15, -0.1) is 0 Å². The molecule has 0 atom stereocenters. The third-order valence-corrected chi connectivity index (χ3v) is 2.17. The highest BCUT2D eigenvalue weighted by Gasteiger charge is 1.96. The van der Waals surface area contributed by atoms with Crippen molar-refractivity contribution < 1.29 is 14.6 Å². The Hall–Kier alpha value is -1.07. The van der Waals surface area contributed by atoms with E-state index < -0.39 is 5.97 Å². The molecule has 0 amide bonds. The van der Waals surface area contributed by atoms with Gasteiger partial charge in [0.15, 0.2) is 0 Å². The van der Waals surface area contributed by atoms with Crippen molar-refractivity contribution in [1.82, 2.24) is 5.32 Å². The molecule has 2 N–H and O–H groups in total. The zero-order chi connectivity index (χ0) is 11.1. The minimum atomic E-state index is -0.862. The van der Waals surface area contributed by atoms with Gasteiger partial charge in [0.2, 0.25) is 0 Å². The molecule has 0 fully saturated rings. The van der Waals surface area contributed by atoms with Crippen LogP contribution in [0.3, 0.4) is 0 Å². The SMILES string of the molecule is O=C(O)CNCCOc1ccc(Br)cc1. The van der Waals surface area contributed by atoms with Crippen molar-refractivity contribution in [3.8, 4) is 5.75 Å². The molecule has 0 saturated heterocycles. The van der Waals surface area contributed by atoms with Crippen LogP contribution in [-0.2, 0) is 4.79 Å². The maximum absolute atomic E-state index is 10.2. The molecule has 0 aromatic heterocycles. The second-order valence-electron chi connectivity index (χ2n) is 2.87. The van der Waals surface area contributed by atoms with Crippen LogP contribution in [0.15, 0.2) is 28.7 Å². The number of carboxylic acids is 1. The molecule has 0 aliphatic carbocycles. The molecule has 82 valence electrons. The summed E-state index contributed by atoms with van der Waals surface area (Å²) in [6.45, 7) is 0.932. The lowest BCUT2D eigenvalue weighted by Gasteiger charge is -2.06. The normalized spacial score (nSPS) is 9.93. The molecule has 0 aliphatic heterocycles. The Morgan fingerprint density at radius 3 is 2.67 bits per heavy atom. The average molecular weight is 274 g/mol. The number of hydrogen-bond donors (Lipinski definition) is 2. The number of nitrogens with one attached hydrogen (secondary N) is 1. The summed E-state index contributed by atoms with van der Waals surface area (Å²) in [4.78, 5) is 10.2. The second kappa shape index (κ2) is 6.42. The summed E-state index contributed by atoms with van der Waals surface area (Å²) in [6.07, 6.45) is 0. The quantitative estimate of drug-likeness (QED) is 0.772. The van der Waals surface area contributed by atoms with Gasteiger partial charge < -0.3 is 15.2 Å². The molecule has 5 heteroatoms. The van der Waals surface area contributed by atoms with Crippen LogP contribution in [0.4, 0.5) is 0 Å². The predicted molar refractivity (Wildman–Crippen MR) is 60.1 cm³/mol. The van der Waals surface area contributed by atoms with Crippen molar-refractivity contribution in [1.29, 1.82) is 0 Å². The number of halogens is 1. The van der Waals surface area contributed by atoms with E-state index in [1.165, 1.54) is 0 Å². The summed E-state index contributed by atoms with van der Waals surface area (Å²) >= 11 is 3.32. The largest absolute Gasteiger partial charge is 0.492 e. The van der Waals surface area contributed by atoms with Crippen LogP contribution in [0.5, 0.6) is 5.75 Å². The summed E-state index contributed by atoms with van der Waals surface area (Å²) in [5.74, 6) is -0.0889. The monoisotopic (exact) mass is 273 g/mol. The Morgan fingerprint density at radius 1 is 1.40 bits per heavy atom. The van der Waals surface area contributed by atoms with Crippen LogP contribution in [0.25, 0.3) is 0 Å². The average Bonchev–Trinajstić information content (AvgIpc) is 2.20. The molecule has 0 aliphatic rings. The summed E-state index contributed by atoms with van der Waals surface area (Å²) in [7, 11) is 0. The van der Waals surface area contributed by atoms with Gasteiger partial charge in [0.05, 0.1) is 6.54 Å². The molecule has 0 radical (unpaired) electrons. The maximum Gasteiger partial charge on any atom is 0.317 e. The fourth-order valence-electron chi connectivity index (χ4n) is 0.967. The summed E-state index contributed by atoms with van der Waals surface area (Å²) < 4.78 is 6.37. The molecule has 4 nitrogen and oxygen atoms in total. The zero-order valence-corrected chi connectivity index (χ0v) is 9.66. The van der Waals surface area contributed by atoms with Crippen molar-refractivity contribution in [2.45, 2.75) is 0 Å². The molecule has 15 heavy (non-hydrogen) atoms. The standard InChI is InChI=1S/C10H12BrNO3/c11-8-1-3-9(4-2-8)15-6-5-12-7-10(13)14/h1-4,12H,5-7H2,(H,13,14). The Balaban J connectivity index is 2.15. The fraction of sp³-hybridized carbons (Fsp3) is 0.300. The Morgan fingerprint density at radius 2 is 2.07 bits per heavy atom. The third-order valence-electron chi connectivity index (χ3n) is 1.64. The van der Waals surface area contributed by atoms with E-state index in [4.69, 9.17) is 9.84 Å². The highest BCUT2D eigenvalue weighted by molar-refractivity contribution is 9.10. The highest BCUT2D eigenvalue weighted by Crippen LogP contribution is 2.15. The molecule has 1 rings (SSSR count). The van der Waals surface area contributed by atoms with E-state index in [-0.39, 0.29) is 6.54 Å². The van der Waals surface area contributed by atoms with Gasteiger partial charge >= 0.3 is 5.97 Å². The third kappa shape index (κ3) is 5.39. The predicted octanol–water partition coefficient (Wildman–Crippen LogP) is 1.50. The first-order valence-corrected chi connectivity index (χ1v) is 5.28. The van der Waals surface area contributed by atoms with Crippen LogP contribution in [0.1, 0.15) is 0 Å². The maximum atomic E-state index is 10.2. The molecular formula is C10H12BrNO3. The molecule has 0 heterocycles. The first-order valence-electron chi connectivity index (χ1n) is 4.49. The molecule has 0 bridgehead atoms. The number of carbonyl (C=O) groups is 1. The first kappa shape index (κ1) is 12.0. The topological polar surface area (TPSA) is 58.6 Å². The van der Waals surface area contributed by atoms with Crippen molar-refractivity contribution >= 4 is 21.9 Å². The molecule has 1 aromatic carbocycles. The molecular weight excluding hydrogens is 262 g/mol. The fourth-order valence-corrected chi connectivity index (χ4v) is 1.23. The lowest BCUT2D eigenvalue weighted by atomic mass is 10.3. The van der Waals surface area contributed by atoms with E-state index in [2.05, 4.69) is 21.2 Å². The number of ether oxygens (including phenoxy) is 1. The van der Waals surface area contributed by atoms with Crippen LogP contribution in [0.2, 0.25) is 0 Å². The summed E-state index contributed by atoms with van der Waals surface area (Å²) in [5, 5.41) is 11.1. The molecule has 1 aromatic rings. The Labute approximate surface area is 96.4 Å². The van der Waals surface area contributed by atoms with Crippen LogP contribution in [0, 0.1) is 0 Å². The number of hydrogen-bond acceptors (Lipinski definition) is 3. The number of rotatable bonds is 6. The van der Waals surface area contributed by atoms with Gasteiger partial charge in [-0.25, -0.2) is 0 Å². The Bertz CT molecular complexity index is 313. The Kier molecular flexibility index (Phi) is 5.14. The van der Waals surface area contributed by atoms with Crippen molar-refractivity contribution in [2.24, 2.45) is 0 Å². The number of carboxylic acid groups (broad SMARTS) is 1. The minimum Gasteiger partial charge on any atom is -0.492 e. The van der Waals surface area contributed by atoms with E-state index in [0.717, 1.165) is 10.2 Å². The van der Waals surface area contributed by atoms with E-state index in [1.54, 1.807) is 0 Å². The summed E-state index contributed by atoms with van der Waals surface area (Å²) in [6, 6.07) is 7.47. The van der Waals surface area contributed by atoms with E-state index in [1.807, 2.05) is 24.3 Å². The van der Waals surface area contributed by atoms with Crippen LogP contribution >= 0.6 is 15.9 Å². The van der Waals surface area contributed by atoms with Crippen molar-refractivity contribution in [2.75, 3.05) is 19.7 Å². The van der Waals surface area contributed by atoms with Gasteiger partial charge in [0.1, 0.15) is 12.4 Å². The second-order valence-corrected chi connectivity index (χ2v) is 3.79. The van der Waals surface area contributed by atoms with E-state index in [9.17, 15) is 4.79 Å². The van der Waals surface area contributed by atoms with E-state index >= 15 is 0 Å². The van der Waals surface area contributed by atoms with Crippen LogP contribution in [-0.4, -0.2) is 30.8 Å². The van der Waals surface area contributed by atoms with Gasteiger partial charge in [-0.05, 0) is 24.3 Å². The number of aliphatic carboxylic acids is 1. The van der Waals surface area contributed by atoms with Crippen molar-refractivity contribution in [3.63, 3.8) is 0 Å². The van der Waals surface area contributed by atoms with Gasteiger partial charge in [0.25, 0.3) is 0 Å². The van der Waals surface area contributed by atoms with Crippen LogP contribution < -0.4 is 10.1 Å². The number of benzene rings is 1. The lowest BCUT2D eigenvalue weighted by molar-refractivity contribution is -0.135. The molecule has 0 spiro atoms. The molecule has 0 saturated carbocycles.